The van der Waals surface area contributed by atoms with Crippen molar-refractivity contribution in [3.8, 4) is 5.88 Å². The minimum Gasteiger partial charge on any atom is -0.473 e. The second-order valence-electron chi connectivity index (χ2n) is 4.57. The Balaban J connectivity index is 1.89. The van der Waals surface area contributed by atoms with Gasteiger partial charge in [-0.1, -0.05) is 41.9 Å². The summed E-state index contributed by atoms with van der Waals surface area (Å²) in [6, 6.07) is 15.7. The van der Waals surface area contributed by atoms with Crippen LogP contribution in [-0.2, 0) is 6.61 Å². The number of hydrogen-bond acceptors (Lipinski definition) is 3. The minimum atomic E-state index is 0.433. The maximum atomic E-state index is 5.89. The van der Waals surface area contributed by atoms with E-state index in [1.54, 1.807) is 6.07 Å². The van der Waals surface area contributed by atoms with Gasteiger partial charge in [-0.2, -0.15) is 4.98 Å². The highest BCUT2D eigenvalue weighted by Crippen LogP contribution is 2.22. The largest absolute Gasteiger partial charge is 0.473 e. The molecule has 0 aliphatic heterocycles. The second kappa shape index (κ2) is 5.47. The quantitative estimate of drug-likeness (QED) is 0.677. The summed E-state index contributed by atoms with van der Waals surface area (Å²) in [5.41, 5.74) is 2.69. The highest BCUT2D eigenvalue weighted by Gasteiger charge is 2.06. The Bertz CT molecular complexity index is 744. The number of aromatic nitrogens is 2. The van der Waals surface area contributed by atoms with Gasteiger partial charge in [-0.3, -0.25) is 0 Å². The fourth-order valence-electron chi connectivity index (χ4n) is 1.99. The van der Waals surface area contributed by atoms with Gasteiger partial charge in [-0.15, -0.1) is 0 Å². The summed E-state index contributed by atoms with van der Waals surface area (Å²) in [6.45, 7) is 2.46. The fraction of sp³-hybridized carbons (Fsp3) is 0.125. The third-order valence-corrected chi connectivity index (χ3v) is 3.22. The molecule has 3 nitrogen and oxygen atoms in total. The number of halogens is 1. The number of nitrogens with zero attached hydrogens (tertiary/aromatic N) is 2. The smallest absolute Gasteiger partial charge is 0.218 e. The third-order valence-electron chi connectivity index (χ3n) is 3.01. The van der Waals surface area contributed by atoms with Crippen LogP contribution in [0, 0.1) is 6.92 Å². The number of hydrogen-bond donors (Lipinski definition) is 0. The van der Waals surface area contributed by atoms with Crippen LogP contribution >= 0.6 is 11.6 Å². The van der Waals surface area contributed by atoms with Crippen molar-refractivity contribution in [3.63, 3.8) is 0 Å². The van der Waals surface area contributed by atoms with Crippen LogP contribution in [0.4, 0.5) is 0 Å². The molecule has 1 aromatic carbocycles. The summed E-state index contributed by atoms with van der Waals surface area (Å²) in [5, 5.41) is 1.39. The molecule has 0 atom stereocenters. The zero-order valence-corrected chi connectivity index (χ0v) is 11.8. The molecule has 0 radical (unpaired) electrons. The lowest BCUT2D eigenvalue weighted by Crippen LogP contribution is -2.00. The van der Waals surface area contributed by atoms with Crippen LogP contribution in [0.5, 0.6) is 5.88 Å². The predicted octanol–water partition coefficient (Wildman–Crippen LogP) is 4.17. The zero-order valence-electron chi connectivity index (χ0n) is 11.0. The SMILES string of the molecule is Cc1cc2ccc(Cl)nc2nc1OCc1ccccc1. The zero-order chi connectivity index (χ0) is 13.9. The molecule has 100 valence electrons. The monoisotopic (exact) mass is 284 g/mol. The molecule has 3 aromatic rings. The van der Waals surface area contributed by atoms with E-state index in [0.29, 0.717) is 23.3 Å². The summed E-state index contributed by atoms with van der Waals surface area (Å²) in [5.74, 6) is 0.594. The lowest BCUT2D eigenvalue weighted by Gasteiger charge is -2.09. The Labute approximate surface area is 122 Å². The van der Waals surface area contributed by atoms with E-state index in [1.165, 1.54) is 0 Å². The van der Waals surface area contributed by atoms with Gasteiger partial charge in [0, 0.05) is 10.9 Å². The van der Waals surface area contributed by atoms with Crippen LogP contribution in [0.3, 0.4) is 0 Å². The average molecular weight is 285 g/mol. The highest BCUT2D eigenvalue weighted by atomic mass is 35.5. The van der Waals surface area contributed by atoms with Gasteiger partial charge in [0.2, 0.25) is 5.88 Å². The number of benzene rings is 1. The van der Waals surface area contributed by atoms with Crippen molar-refractivity contribution in [2.24, 2.45) is 0 Å². The molecule has 0 spiro atoms. The summed E-state index contributed by atoms with van der Waals surface area (Å²) >= 11 is 5.89. The average Bonchev–Trinajstić information content (AvgIpc) is 2.46. The third kappa shape index (κ3) is 2.73. The molecule has 4 heteroatoms. The van der Waals surface area contributed by atoms with Gasteiger partial charge >= 0.3 is 0 Å². The van der Waals surface area contributed by atoms with Crippen molar-refractivity contribution in [1.29, 1.82) is 0 Å². The first-order chi connectivity index (χ1) is 9.72. The molecule has 0 aliphatic carbocycles. The van der Waals surface area contributed by atoms with E-state index < -0.39 is 0 Å². The predicted molar refractivity (Wildman–Crippen MR) is 80.1 cm³/mol. The van der Waals surface area contributed by atoms with Gasteiger partial charge in [-0.05, 0) is 30.7 Å². The van der Waals surface area contributed by atoms with Crippen LogP contribution in [0.15, 0.2) is 48.5 Å². The van der Waals surface area contributed by atoms with E-state index in [1.807, 2.05) is 49.4 Å². The molecule has 2 heterocycles. The molecule has 0 unspecified atom stereocenters. The number of pyridine rings is 2. The van der Waals surface area contributed by atoms with Crippen LogP contribution < -0.4 is 4.74 Å². The van der Waals surface area contributed by atoms with Gasteiger partial charge in [-0.25, -0.2) is 4.98 Å². The Morgan fingerprint density at radius 1 is 1.05 bits per heavy atom. The molecule has 0 saturated carbocycles. The number of rotatable bonds is 3. The summed E-state index contributed by atoms with van der Waals surface area (Å²) in [7, 11) is 0. The molecule has 20 heavy (non-hydrogen) atoms. The maximum absolute atomic E-state index is 5.89. The first kappa shape index (κ1) is 12.9. The normalized spacial score (nSPS) is 10.7. The molecular formula is C16H13ClN2O. The standard InChI is InChI=1S/C16H13ClN2O/c1-11-9-13-7-8-14(17)18-15(13)19-16(11)20-10-12-5-3-2-4-6-12/h2-9H,10H2,1H3. The van der Waals surface area contributed by atoms with Crippen LogP contribution in [0.25, 0.3) is 11.0 Å². The summed E-state index contributed by atoms with van der Waals surface area (Å²) < 4.78 is 5.78. The Morgan fingerprint density at radius 3 is 2.65 bits per heavy atom. The van der Waals surface area contributed by atoms with Crippen LogP contribution in [0.1, 0.15) is 11.1 Å². The van der Waals surface area contributed by atoms with Gasteiger partial charge < -0.3 is 4.74 Å². The van der Waals surface area contributed by atoms with Crippen molar-refractivity contribution < 1.29 is 4.74 Å². The van der Waals surface area contributed by atoms with Gasteiger partial charge in [0.1, 0.15) is 11.8 Å². The van der Waals surface area contributed by atoms with Crippen LogP contribution in [0.2, 0.25) is 5.15 Å². The molecule has 0 fully saturated rings. The van der Waals surface area contributed by atoms with E-state index in [4.69, 9.17) is 16.3 Å². The Morgan fingerprint density at radius 2 is 1.85 bits per heavy atom. The summed E-state index contributed by atoms with van der Waals surface area (Å²) in [4.78, 5) is 8.64. The fourth-order valence-corrected chi connectivity index (χ4v) is 2.13. The van der Waals surface area contributed by atoms with E-state index in [0.717, 1.165) is 16.5 Å². The maximum Gasteiger partial charge on any atom is 0.218 e. The lowest BCUT2D eigenvalue weighted by molar-refractivity contribution is 0.292. The molecule has 2 aromatic heterocycles. The number of fused-ring (bicyclic) bond motifs is 1. The minimum absolute atomic E-state index is 0.433. The van der Waals surface area contributed by atoms with Gasteiger partial charge in [0.05, 0.1) is 0 Å². The van der Waals surface area contributed by atoms with Crippen molar-refractivity contribution in [3.05, 3.63) is 64.8 Å². The van der Waals surface area contributed by atoms with Crippen LogP contribution in [-0.4, -0.2) is 9.97 Å². The van der Waals surface area contributed by atoms with Crippen molar-refractivity contribution in [2.75, 3.05) is 0 Å². The van der Waals surface area contributed by atoms with E-state index in [-0.39, 0.29) is 0 Å². The van der Waals surface area contributed by atoms with Gasteiger partial charge in [0.15, 0.2) is 5.65 Å². The first-order valence-electron chi connectivity index (χ1n) is 6.33. The highest BCUT2D eigenvalue weighted by molar-refractivity contribution is 6.29. The Hall–Kier alpha value is -2.13. The Kier molecular flexibility index (Phi) is 3.52. The van der Waals surface area contributed by atoms with Crippen molar-refractivity contribution in [2.45, 2.75) is 13.5 Å². The molecule has 0 saturated heterocycles. The number of aryl methyl sites for hydroxylation is 1. The molecule has 0 aliphatic rings. The van der Waals surface area contributed by atoms with Crippen molar-refractivity contribution in [1.82, 2.24) is 9.97 Å². The van der Waals surface area contributed by atoms with E-state index in [2.05, 4.69) is 9.97 Å². The second-order valence-corrected chi connectivity index (χ2v) is 4.95. The van der Waals surface area contributed by atoms with E-state index >= 15 is 0 Å². The van der Waals surface area contributed by atoms with Gasteiger partial charge in [0.25, 0.3) is 0 Å². The molecule has 0 amide bonds. The molecule has 3 rings (SSSR count). The summed E-state index contributed by atoms with van der Waals surface area (Å²) in [6.07, 6.45) is 0. The van der Waals surface area contributed by atoms with E-state index in [9.17, 15) is 0 Å². The molecular weight excluding hydrogens is 272 g/mol. The first-order valence-corrected chi connectivity index (χ1v) is 6.71. The molecule has 0 bridgehead atoms. The number of ether oxygens (including phenoxy) is 1. The van der Waals surface area contributed by atoms with Crippen molar-refractivity contribution >= 4 is 22.6 Å². The topological polar surface area (TPSA) is 35.0 Å². The lowest BCUT2D eigenvalue weighted by atomic mass is 10.2. The molecule has 0 N–H and O–H groups in total.